The van der Waals surface area contributed by atoms with Crippen LogP contribution in [-0.4, -0.2) is 30.6 Å². The van der Waals surface area contributed by atoms with Crippen LogP contribution in [0.2, 0.25) is 0 Å². The molecule has 1 aliphatic heterocycles. The third-order valence-corrected chi connectivity index (χ3v) is 7.86. The van der Waals surface area contributed by atoms with Crippen LogP contribution in [0, 0.1) is 13.8 Å². The maximum absolute atomic E-state index is 13.4. The molecule has 172 valence electrons. The smallest absolute Gasteiger partial charge is 0.329 e. The topological polar surface area (TPSA) is 76.3 Å². The Morgan fingerprint density at radius 1 is 0.906 bits per heavy atom. The van der Waals surface area contributed by atoms with Gasteiger partial charge in [-0.25, -0.2) is 13.2 Å². The summed E-state index contributed by atoms with van der Waals surface area (Å²) in [6.45, 7) is 10.5. The molecule has 7 nitrogen and oxygen atoms in total. The summed E-state index contributed by atoms with van der Waals surface area (Å²) in [7, 11) is -3.79. The van der Waals surface area contributed by atoms with Gasteiger partial charge in [0.05, 0.1) is 27.3 Å². The molecule has 1 aromatic heterocycles. The highest BCUT2D eigenvalue weighted by atomic mass is 32.2. The molecule has 1 fully saturated rings. The standard InChI is InChI=1S/C24H32N4O3S/c1-5-27-21-15-19(25-32(30,31)23-11-10-17(3)14-18(23)4)20(26-12-8-7-9-13-26)16-22(21)28(6-2)24(27)29/h10-11,14-16,25H,5-9,12-13H2,1-4H3. The van der Waals surface area contributed by atoms with E-state index >= 15 is 0 Å². The summed E-state index contributed by atoms with van der Waals surface area (Å²) in [5.74, 6) is 0. The average molecular weight is 457 g/mol. The Morgan fingerprint density at radius 3 is 2.12 bits per heavy atom. The van der Waals surface area contributed by atoms with Crippen LogP contribution in [0.25, 0.3) is 11.0 Å². The predicted octanol–water partition coefficient (Wildman–Crippen LogP) is 4.25. The van der Waals surface area contributed by atoms with E-state index in [1.807, 2.05) is 52.0 Å². The van der Waals surface area contributed by atoms with Crippen molar-refractivity contribution in [3.8, 4) is 0 Å². The molecule has 1 N–H and O–H groups in total. The number of aryl methyl sites for hydroxylation is 4. The quantitative estimate of drug-likeness (QED) is 0.602. The van der Waals surface area contributed by atoms with Gasteiger partial charge in [-0.1, -0.05) is 17.7 Å². The number of fused-ring (bicyclic) bond motifs is 1. The Labute approximate surface area is 189 Å². The van der Waals surface area contributed by atoms with Gasteiger partial charge in [0, 0.05) is 26.2 Å². The van der Waals surface area contributed by atoms with Crippen LogP contribution in [0.1, 0.15) is 44.2 Å². The number of hydrogen-bond acceptors (Lipinski definition) is 4. The fraction of sp³-hybridized carbons (Fsp3) is 0.458. The van der Waals surface area contributed by atoms with Gasteiger partial charge >= 0.3 is 5.69 Å². The number of anilines is 2. The number of sulfonamides is 1. The van der Waals surface area contributed by atoms with Crippen molar-refractivity contribution < 1.29 is 8.42 Å². The minimum absolute atomic E-state index is 0.0658. The molecule has 0 radical (unpaired) electrons. The van der Waals surface area contributed by atoms with Gasteiger partial charge < -0.3 is 4.90 Å². The number of benzene rings is 2. The van der Waals surface area contributed by atoms with E-state index < -0.39 is 10.0 Å². The largest absolute Gasteiger partial charge is 0.370 e. The van der Waals surface area contributed by atoms with Gasteiger partial charge in [-0.2, -0.15) is 0 Å². The number of imidazole rings is 1. The highest BCUT2D eigenvalue weighted by molar-refractivity contribution is 7.92. The monoisotopic (exact) mass is 456 g/mol. The lowest BCUT2D eigenvalue weighted by molar-refractivity contribution is 0.578. The van der Waals surface area contributed by atoms with Crippen LogP contribution in [0.15, 0.2) is 40.0 Å². The van der Waals surface area contributed by atoms with E-state index in [0.717, 1.165) is 48.2 Å². The summed E-state index contributed by atoms with van der Waals surface area (Å²) in [4.78, 5) is 15.4. The highest BCUT2D eigenvalue weighted by Crippen LogP contribution is 2.35. The van der Waals surface area contributed by atoms with E-state index in [0.29, 0.717) is 24.3 Å². The Balaban J connectivity index is 1.90. The first kappa shape index (κ1) is 22.5. The summed E-state index contributed by atoms with van der Waals surface area (Å²) in [5, 5.41) is 0. The summed E-state index contributed by atoms with van der Waals surface area (Å²) < 4.78 is 33.1. The molecule has 4 rings (SSSR count). The molecular formula is C24H32N4O3S. The molecule has 2 heterocycles. The van der Waals surface area contributed by atoms with Crippen molar-refractivity contribution in [3.05, 3.63) is 51.9 Å². The summed E-state index contributed by atoms with van der Waals surface area (Å²) in [5.41, 5.74) is 4.61. The maximum Gasteiger partial charge on any atom is 0.329 e. The minimum atomic E-state index is -3.79. The number of hydrogen-bond donors (Lipinski definition) is 1. The summed E-state index contributed by atoms with van der Waals surface area (Å²) >= 11 is 0. The van der Waals surface area contributed by atoms with E-state index in [9.17, 15) is 13.2 Å². The van der Waals surface area contributed by atoms with Crippen LogP contribution in [0.4, 0.5) is 11.4 Å². The molecule has 1 saturated heterocycles. The maximum atomic E-state index is 13.4. The lowest BCUT2D eigenvalue weighted by Crippen LogP contribution is -2.30. The molecule has 0 amide bonds. The second kappa shape index (κ2) is 8.65. The molecule has 0 bridgehead atoms. The fourth-order valence-corrected chi connectivity index (χ4v) is 6.03. The van der Waals surface area contributed by atoms with Crippen molar-refractivity contribution in [2.75, 3.05) is 22.7 Å². The minimum Gasteiger partial charge on any atom is -0.370 e. The predicted molar refractivity (Wildman–Crippen MR) is 130 cm³/mol. The average Bonchev–Trinajstić information content (AvgIpc) is 3.02. The zero-order valence-corrected chi connectivity index (χ0v) is 20.1. The van der Waals surface area contributed by atoms with Gasteiger partial charge in [0.25, 0.3) is 10.0 Å². The van der Waals surface area contributed by atoms with Crippen LogP contribution in [0.5, 0.6) is 0 Å². The number of rotatable bonds is 6. The highest BCUT2D eigenvalue weighted by Gasteiger charge is 2.24. The van der Waals surface area contributed by atoms with Gasteiger partial charge in [-0.3, -0.25) is 13.9 Å². The molecule has 1 aliphatic rings. The molecule has 2 aromatic carbocycles. The van der Waals surface area contributed by atoms with Crippen molar-refractivity contribution >= 4 is 32.4 Å². The van der Waals surface area contributed by atoms with E-state index in [-0.39, 0.29) is 10.6 Å². The van der Waals surface area contributed by atoms with Crippen molar-refractivity contribution in [1.82, 2.24) is 9.13 Å². The van der Waals surface area contributed by atoms with Crippen molar-refractivity contribution in [2.45, 2.75) is 64.9 Å². The van der Waals surface area contributed by atoms with E-state index in [1.165, 1.54) is 6.42 Å². The van der Waals surface area contributed by atoms with Crippen molar-refractivity contribution in [2.24, 2.45) is 0 Å². The first-order chi connectivity index (χ1) is 15.3. The second-order valence-electron chi connectivity index (χ2n) is 8.55. The third-order valence-electron chi connectivity index (χ3n) is 6.33. The van der Waals surface area contributed by atoms with Crippen LogP contribution in [-0.2, 0) is 23.1 Å². The van der Waals surface area contributed by atoms with Gasteiger partial charge in [0.2, 0.25) is 0 Å². The van der Waals surface area contributed by atoms with Crippen molar-refractivity contribution in [3.63, 3.8) is 0 Å². The first-order valence-corrected chi connectivity index (χ1v) is 12.9. The van der Waals surface area contributed by atoms with Gasteiger partial charge in [-0.15, -0.1) is 0 Å². The Bertz CT molecular complexity index is 1320. The third kappa shape index (κ3) is 3.92. The molecule has 0 spiro atoms. The van der Waals surface area contributed by atoms with Gasteiger partial charge in [0.1, 0.15) is 0 Å². The van der Waals surface area contributed by atoms with E-state index in [2.05, 4.69) is 9.62 Å². The first-order valence-electron chi connectivity index (χ1n) is 11.4. The van der Waals surface area contributed by atoms with Gasteiger partial charge in [0.15, 0.2) is 0 Å². The molecule has 8 heteroatoms. The van der Waals surface area contributed by atoms with Crippen LogP contribution in [0.3, 0.4) is 0 Å². The van der Waals surface area contributed by atoms with E-state index in [4.69, 9.17) is 0 Å². The molecule has 32 heavy (non-hydrogen) atoms. The van der Waals surface area contributed by atoms with E-state index in [1.54, 1.807) is 15.2 Å². The van der Waals surface area contributed by atoms with Crippen molar-refractivity contribution in [1.29, 1.82) is 0 Å². The SMILES string of the molecule is CCn1c(=O)n(CC)c2cc(N3CCCCC3)c(NS(=O)(=O)c3ccc(C)cc3C)cc21. The number of aromatic nitrogens is 2. The zero-order valence-electron chi connectivity index (χ0n) is 19.3. The molecule has 3 aromatic rings. The lowest BCUT2D eigenvalue weighted by Gasteiger charge is -2.31. The number of nitrogens with one attached hydrogen (secondary N) is 1. The Morgan fingerprint density at radius 2 is 1.53 bits per heavy atom. The fourth-order valence-electron chi connectivity index (χ4n) is 4.74. The zero-order chi connectivity index (χ0) is 23.0. The lowest BCUT2D eigenvalue weighted by atomic mass is 10.1. The molecule has 0 saturated carbocycles. The normalized spacial score (nSPS) is 14.8. The summed E-state index contributed by atoms with van der Waals surface area (Å²) in [6.07, 6.45) is 3.31. The Kier molecular flexibility index (Phi) is 6.07. The molecular weight excluding hydrogens is 424 g/mol. The molecule has 0 unspecified atom stereocenters. The second-order valence-corrected chi connectivity index (χ2v) is 10.2. The van der Waals surface area contributed by atoms with Crippen LogP contribution < -0.4 is 15.3 Å². The Hall–Kier alpha value is -2.74. The van der Waals surface area contributed by atoms with Gasteiger partial charge in [-0.05, 0) is 70.7 Å². The number of piperidine rings is 1. The molecule has 0 aliphatic carbocycles. The summed E-state index contributed by atoms with van der Waals surface area (Å²) in [6, 6.07) is 9.16. The van der Waals surface area contributed by atoms with Crippen LogP contribution >= 0.6 is 0 Å². The molecule has 0 atom stereocenters. The number of nitrogens with zero attached hydrogens (tertiary/aromatic N) is 3.